The third kappa shape index (κ3) is 4.78. The number of carbonyl (C=O) groups is 1. The predicted molar refractivity (Wildman–Crippen MR) is 125 cm³/mol. The van der Waals surface area contributed by atoms with E-state index in [1.165, 1.54) is 18.2 Å². The van der Waals surface area contributed by atoms with Crippen LogP contribution in [0.1, 0.15) is 0 Å². The summed E-state index contributed by atoms with van der Waals surface area (Å²) in [5.41, 5.74) is 3.37. The van der Waals surface area contributed by atoms with Crippen LogP contribution < -0.4 is 21.0 Å². The van der Waals surface area contributed by atoms with Gasteiger partial charge < -0.3 is 10.3 Å². The molecule has 1 aliphatic rings. The van der Waals surface area contributed by atoms with E-state index in [9.17, 15) is 27.2 Å². The summed E-state index contributed by atoms with van der Waals surface area (Å²) in [7, 11) is -4.25. The van der Waals surface area contributed by atoms with Crippen molar-refractivity contribution in [3.63, 3.8) is 0 Å². The van der Waals surface area contributed by atoms with Crippen molar-refractivity contribution in [1.82, 2.24) is 9.71 Å². The molecule has 4 rings (SSSR count). The fourth-order valence-corrected chi connectivity index (χ4v) is 5.16. The smallest absolute Gasteiger partial charge is 0.322 e. The minimum atomic E-state index is -4.25. The lowest BCUT2D eigenvalue weighted by Gasteiger charge is -2.09. The number of anilines is 1. The first-order valence-corrected chi connectivity index (χ1v) is 11.7. The fraction of sp³-hybridized carbons (Fsp3) is 0. The summed E-state index contributed by atoms with van der Waals surface area (Å²) in [6.45, 7) is 0. The number of H-pyrrole nitrogens is 1. The van der Waals surface area contributed by atoms with Crippen molar-refractivity contribution in [2.75, 3.05) is 5.32 Å². The Bertz CT molecular complexity index is 1670. The minimum Gasteiger partial charge on any atom is -0.322 e. The molecule has 0 spiro atoms. The number of amides is 2. The first-order valence-electron chi connectivity index (χ1n) is 9.03. The number of hydrogen-bond acceptors (Lipinski definition) is 6. The lowest BCUT2D eigenvalue weighted by Crippen LogP contribution is -2.34. The fourth-order valence-electron chi connectivity index (χ4n) is 2.99. The highest BCUT2D eigenvalue weighted by Crippen LogP contribution is 2.33. The number of rotatable bonds is 4. The first kappa shape index (κ1) is 22.6. The van der Waals surface area contributed by atoms with Gasteiger partial charge in [0.2, 0.25) is 5.56 Å². The van der Waals surface area contributed by atoms with Crippen LogP contribution in [0.4, 0.5) is 14.9 Å². The Morgan fingerprint density at radius 2 is 1.82 bits per heavy atom. The highest BCUT2D eigenvalue weighted by Gasteiger charge is 2.24. The van der Waals surface area contributed by atoms with Crippen molar-refractivity contribution >= 4 is 56.0 Å². The topological polar surface area (TPSA) is 125 Å². The molecule has 2 amide bonds. The molecule has 2 aromatic carbocycles. The number of urea groups is 1. The lowest BCUT2D eigenvalue weighted by molar-refractivity contribution is 0.256. The molecule has 3 aromatic rings. The van der Waals surface area contributed by atoms with Gasteiger partial charge in [0.15, 0.2) is 9.67 Å². The largest absolute Gasteiger partial charge is 0.333 e. The quantitative estimate of drug-likeness (QED) is 0.467. The van der Waals surface area contributed by atoms with E-state index in [-0.39, 0.29) is 30.8 Å². The molecule has 8 nitrogen and oxygen atoms in total. The number of para-hydroxylation sites is 1. The van der Waals surface area contributed by atoms with Crippen LogP contribution in [-0.4, -0.2) is 19.4 Å². The van der Waals surface area contributed by atoms with Gasteiger partial charge in [0.05, 0.1) is 5.52 Å². The lowest BCUT2D eigenvalue weighted by atomic mass is 10.0. The summed E-state index contributed by atoms with van der Waals surface area (Å²) in [5, 5.41) is 2.39. The third-order valence-corrected chi connectivity index (χ3v) is 7.23. The van der Waals surface area contributed by atoms with E-state index < -0.39 is 32.9 Å². The van der Waals surface area contributed by atoms with E-state index in [0.717, 1.165) is 12.1 Å². The van der Waals surface area contributed by atoms with Gasteiger partial charge in [-0.1, -0.05) is 23.7 Å². The van der Waals surface area contributed by atoms with Crippen LogP contribution in [0, 0.1) is 5.82 Å². The molecule has 33 heavy (non-hydrogen) atoms. The van der Waals surface area contributed by atoms with Crippen molar-refractivity contribution in [3.8, 4) is 11.1 Å². The van der Waals surface area contributed by atoms with E-state index in [4.69, 9.17) is 11.6 Å². The van der Waals surface area contributed by atoms with E-state index in [2.05, 4.69) is 21.8 Å². The molecule has 1 aromatic heterocycles. The summed E-state index contributed by atoms with van der Waals surface area (Å²) in [5.74, 6) is -0.907. The van der Waals surface area contributed by atoms with Gasteiger partial charge in [0, 0.05) is 28.3 Å². The molecule has 0 bridgehead atoms. The Balaban J connectivity index is 1.63. The number of aromatic nitrogens is 1. The zero-order valence-electron chi connectivity index (χ0n) is 16.2. The Hall–Kier alpha value is -3.59. The number of halogens is 2. The van der Waals surface area contributed by atoms with Crippen LogP contribution >= 0.6 is 23.4 Å². The Morgan fingerprint density at radius 3 is 2.52 bits per heavy atom. The molecule has 2 heterocycles. The second-order valence-corrected chi connectivity index (χ2v) is 10.1. The Kier molecular flexibility index (Phi) is 5.99. The number of aromatic amines is 1. The van der Waals surface area contributed by atoms with Gasteiger partial charge in [-0.3, -0.25) is 9.59 Å². The van der Waals surface area contributed by atoms with Gasteiger partial charge in [-0.2, -0.15) is 8.42 Å². The molecule has 166 valence electrons. The standard InChI is InChI=1S/C21H11ClFN3O5S2/c22-17-7-8-19(32-17)33(30,31)26-21(29)24-11-5-6-12(15(23)9-11)14-10-18(27)25-16-4-2-1-3-13(16)20(14)28/h1-6,9-10H,(H,25,27)(H2,24,26,29). The zero-order valence-corrected chi connectivity index (χ0v) is 18.6. The summed E-state index contributed by atoms with van der Waals surface area (Å²) in [6.07, 6.45) is 0. The summed E-state index contributed by atoms with van der Waals surface area (Å²) < 4.78 is 40.6. The number of hydrogen-bond donors (Lipinski definition) is 3. The van der Waals surface area contributed by atoms with Gasteiger partial charge in [0.1, 0.15) is 10.2 Å². The van der Waals surface area contributed by atoms with Crippen molar-refractivity contribution in [2.24, 2.45) is 0 Å². The maximum absolute atomic E-state index is 14.9. The maximum atomic E-state index is 14.9. The van der Waals surface area contributed by atoms with E-state index >= 15 is 0 Å². The molecule has 0 atom stereocenters. The highest BCUT2D eigenvalue weighted by atomic mass is 35.5. The average molecular weight is 504 g/mol. The molecular weight excluding hydrogens is 493 g/mol. The summed E-state index contributed by atoms with van der Waals surface area (Å²) in [4.78, 5) is 39.7. The van der Waals surface area contributed by atoms with Crippen LogP contribution in [0.5, 0.6) is 0 Å². The number of carbonyl (C=O) groups excluding carboxylic acids is 1. The molecular formula is C21H11ClFN3O5S2. The van der Waals surface area contributed by atoms with Crippen molar-refractivity contribution in [2.45, 2.75) is 0 Å². The van der Waals surface area contributed by atoms with Crippen LogP contribution in [0.3, 0.4) is 0 Å². The molecule has 0 fully saturated rings. The SMILES string of the molecule is O=C(Nc1ccc(-c2cc(=O)[nH]c3ccccc3c2=O)c(F)c1)NS(=O)(=O)C1=C=C=C(Cl)S1. The van der Waals surface area contributed by atoms with Crippen molar-refractivity contribution in [3.05, 3.63) is 95.0 Å². The molecule has 0 unspecified atom stereocenters. The minimum absolute atomic E-state index is 0.0483. The van der Waals surface area contributed by atoms with Gasteiger partial charge in [-0.25, -0.2) is 13.9 Å². The van der Waals surface area contributed by atoms with Gasteiger partial charge >= 0.3 is 6.03 Å². The number of thioether (sulfide) groups is 1. The van der Waals surface area contributed by atoms with Crippen LogP contribution in [0.25, 0.3) is 22.0 Å². The number of fused-ring (bicyclic) bond motifs is 1. The van der Waals surface area contributed by atoms with Gasteiger partial charge in [-0.15, -0.1) is 0 Å². The first-order chi connectivity index (χ1) is 15.6. The second-order valence-electron chi connectivity index (χ2n) is 6.59. The second kappa shape index (κ2) is 8.74. The molecule has 3 N–H and O–H groups in total. The van der Waals surface area contributed by atoms with Crippen molar-refractivity contribution in [1.29, 1.82) is 0 Å². The molecule has 0 saturated heterocycles. The monoisotopic (exact) mass is 503 g/mol. The van der Waals surface area contributed by atoms with E-state index in [1.54, 1.807) is 22.9 Å². The van der Waals surface area contributed by atoms with Gasteiger partial charge in [0.25, 0.3) is 10.0 Å². The molecule has 0 saturated carbocycles. The Morgan fingerprint density at radius 1 is 1.06 bits per heavy atom. The third-order valence-electron chi connectivity index (χ3n) is 4.38. The average Bonchev–Trinajstić information content (AvgIpc) is 3.14. The summed E-state index contributed by atoms with van der Waals surface area (Å²) >= 11 is 6.28. The van der Waals surface area contributed by atoms with Crippen molar-refractivity contribution < 1.29 is 17.6 Å². The zero-order chi connectivity index (χ0) is 23.8. The van der Waals surface area contributed by atoms with Crippen LogP contribution in [-0.2, 0) is 10.0 Å². The number of sulfonamides is 1. The molecule has 1 aliphatic heterocycles. The number of benzene rings is 2. The normalized spacial score (nSPS) is 12.9. The molecule has 12 heteroatoms. The summed E-state index contributed by atoms with van der Waals surface area (Å²) in [6, 6.07) is 9.51. The molecule has 0 aliphatic carbocycles. The van der Waals surface area contributed by atoms with E-state index in [0.29, 0.717) is 17.3 Å². The highest BCUT2D eigenvalue weighted by molar-refractivity contribution is 8.21. The Labute approximate surface area is 194 Å². The molecule has 0 radical (unpaired) electrons. The van der Waals surface area contributed by atoms with Crippen LogP contribution in [0.15, 0.2) is 78.2 Å². The predicted octanol–water partition coefficient (Wildman–Crippen LogP) is 3.57. The van der Waals surface area contributed by atoms with Gasteiger partial charge in [-0.05, 0) is 53.6 Å². The maximum Gasteiger partial charge on any atom is 0.333 e. The van der Waals surface area contributed by atoms with Crippen LogP contribution in [0.2, 0.25) is 0 Å². The van der Waals surface area contributed by atoms with E-state index in [1.807, 2.05) is 0 Å². The number of nitrogens with one attached hydrogen (secondary N) is 3.